The maximum Gasteiger partial charge on any atom is 0.332 e. The molecular formula is C13H18N2O5. The van der Waals surface area contributed by atoms with Gasteiger partial charge in [0.25, 0.3) is 0 Å². The van der Waals surface area contributed by atoms with E-state index >= 15 is 0 Å². The highest BCUT2D eigenvalue weighted by Gasteiger charge is 2.13. The van der Waals surface area contributed by atoms with Crippen LogP contribution >= 0.6 is 0 Å². The molecule has 4 N–H and O–H groups in total. The Balaban J connectivity index is 2.44. The number of amides is 2. The van der Waals surface area contributed by atoms with Gasteiger partial charge in [-0.1, -0.05) is 12.1 Å². The van der Waals surface area contributed by atoms with Crippen LogP contribution in [0, 0.1) is 0 Å². The van der Waals surface area contributed by atoms with Gasteiger partial charge in [-0.05, 0) is 19.1 Å². The standard InChI is InChI=1S/C13H18N2O5/c1-2-20-11-6-4-3-5-9(11)15-13(19)14-8-7-10(16)12(17)18/h3-6,10,16H,2,7-8H2,1H3,(H,17,18)(H2,14,15,19)/t10-/m0/s1. The number of aliphatic hydroxyl groups is 1. The summed E-state index contributed by atoms with van der Waals surface area (Å²) < 4.78 is 5.35. The second kappa shape index (κ2) is 8.00. The summed E-state index contributed by atoms with van der Waals surface area (Å²) in [5.41, 5.74) is 0.519. The van der Waals surface area contributed by atoms with E-state index in [0.717, 1.165) is 0 Å². The summed E-state index contributed by atoms with van der Waals surface area (Å²) >= 11 is 0. The number of benzene rings is 1. The van der Waals surface area contributed by atoms with Crippen LogP contribution in [0.5, 0.6) is 5.75 Å². The van der Waals surface area contributed by atoms with E-state index in [0.29, 0.717) is 18.0 Å². The number of nitrogens with one attached hydrogen (secondary N) is 2. The van der Waals surface area contributed by atoms with Gasteiger partial charge in [0, 0.05) is 13.0 Å². The Hall–Kier alpha value is -2.28. The van der Waals surface area contributed by atoms with Crippen molar-refractivity contribution < 1.29 is 24.5 Å². The van der Waals surface area contributed by atoms with Crippen LogP contribution in [0.4, 0.5) is 10.5 Å². The van der Waals surface area contributed by atoms with E-state index < -0.39 is 18.1 Å². The Morgan fingerprint density at radius 2 is 2.05 bits per heavy atom. The van der Waals surface area contributed by atoms with Crippen LogP contribution in [0.1, 0.15) is 13.3 Å². The number of carbonyl (C=O) groups is 2. The molecule has 0 fully saturated rings. The lowest BCUT2D eigenvalue weighted by Crippen LogP contribution is -2.33. The van der Waals surface area contributed by atoms with E-state index in [1.165, 1.54) is 0 Å². The fourth-order valence-corrected chi connectivity index (χ4v) is 1.46. The van der Waals surface area contributed by atoms with Crippen LogP contribution in [-0.2, 0) is 4.79 Å². The third kappa shape index (κ3) is 5.15. The molecule has 110 valence electrons. The first-order valence-corrected chi connectivity index (χ1v) is 6.22. The molecule has 20 heavy (non-hydrogen) atoms. The third-order valence-electron chi connectivity index (χ3n) is 2.42. The summed E-state index contributed by atoms with van der Waals surface area (Å²) in [5.74, 6) is -0.760. The average Bonchev–Trinajstić information content (AvgIpc) is 2.41. The van der Waals surface area contributed by atoms with Gasteiger partial charge in [0.2, 0.25) is 0 Å². The largest absolute Gasteiger partial charge is 0.492 e. The number of carboxylic acid groups (broad SMARTS) is 1. The molecule has 0 bridgehead atoms. The number of carboxylic acids is 1. The summed E-state index contributed by atoms with van der Waals surface area (Å²) in [7, 11) is 0. The molecule has 0 spiro atoms. The van der Waals surface area contributed by atoms with Gasteiger partial charge in [0.15, 0.2) is 6.10 Å². The molecule has 7 heteroatoms. The van der Waals surface area contributed by atoms with Gasteiger partial charge < -0.3 is 25.6 Å². The Morgan fingerprint density at radius 1 is 1.35 bits per heavy atom. The minimum absolute atomic E-state index is 0.0517. The van der Waals surface area contributed by atoms with Crippen molar-refractivity contribution >= 4 is 17.7 Å². The summed E-state index contributed by atoms with van der Waals surface area (Å²) in [5, 5.41) is 22.6. The van der Waals surface area contributed by atoms with E-state index in [1.807, 2.05) is 6.92 Å². The van der Waals surface area contributed by atoms with Crippen molar-refractivity contribution in [2.45, 2.75) is 19.4 Å². The van der Waals surface area contributed by atoms with Crippen molar-refractivity contribution in [3.63, 3.8) is 0 Å². The number of aliphatic hydroxyl groups excluding tert-OH is 1. The van der Waals surface area contributed by atoms with Crippen LogP contribution in [0.15, 0.2) is 24.3 Å². The predicted octanol–water partition coefficient (Wildman–Crippen LogP) is 1.04. The Labute approximate surface area is 116 Å². The number of urea groups is 1. The fourth-order valence-electron chi connectivity index (χ4n) is 1.46. The summed E-state index contributed by atoms with van der Waals surface area (Å²) in [6, 6.07) is 6.47. The molecule has 0 saturated carbocycles. The zero-order valence-corrected chi connectivity index (χ0v) is 11.1. The number of aliphatic carboxylic acids is 1. The highest BCUT2D eigenvalue weighted by Crippen LogP contribution is 2.23. The molecule has 7 nitrogen and oxygen atoms in total. The maximum absolute atomic E-state index is 11.6. The lowest BCUT2D eigenvalue weighted by atomic mass is 10.2. The van der Waals surface area contributed by atoms with Crippen molar-refractivity contribution in [2.24, 2.45) is 0 Å². The van der Waals surface area contributed by atoms with E-state index in [1.54, 1.807) is 24.3 Å². The van der Waals surface area contributed by atoms with Crippen LogP contribution < -0.4 is 15.4 Å². The van der Waals surface area contributed by atoms with Gasteiger partial charge in [0.05, 0.1) is 12.3 Å². The third-order valence-corrected chi connectivity index (χ3v) is 2.42. The number of ether oxygens (including phenoxy) is 1. The number of anilines is 1. The highest BCUT2D eigenvalue weighted by atomic mass is 16.5. The highest BCUT2D eigenvalue weighted by molar-refractivity contribution is 5.90. The van der Waals surface area contributed by atoms with Crippen LogP contribution in [-0.4, -0.2) is 41.5 Å². The molecule has 0 heterocycles. The van der Waals surface area contributed by atoms with Crippen LogP contribution in [0.3, 0.4) is 0 Å². The lowest BCUT2D eigenvalue weighted by molar-refractivity contribution is -0.146. The Morgan fingerprint density at radius 3 is 2.70 bits per heavy atom. The zero-order valence-electron chi connectivity index (χ0n) is 11.1. The molecule has 0 aliphatic carbocycles. The smallest absolute Gasteiger partial charge is 0.332 e. The molecule has 0 unspecified atom stereocenters. The first-order valence-electron chi connectivity index (χ1n) is 6.22. The topological polar surface area (TPSA) is 108 Å². The zero-order chi connectivity index (χ0) is 15.0. The number of carbonyl (C=O) groups excluding carboxylic acids is 1. The molecule has 0 radical (unpaired) electrons. The molecule has 0 saturated heterocycles. The van der Waals surface area contributed by atoms with E-state index in [2.05, 4.69) is 10.6 Å². The minimum atomic E-state index is -1.48. The number of hydrogen-bond acceptors (Lipinski definition) is 4. The Kier molecular flexibility index (Phi) is 6.31. The number of hydrogen-bond donors (Lipinski definition) is 4. The van der Waals surface area contributed by atoms with Gasteiger partial charge in [-0.3, -0.25) is 0 Å². The molecule has 1 rings (SSSR count). The molecule has 1 aromatic rings. The second-order valence-electron chi connectivity index (χ2n) is 3.95. The fraction of sp³-hybridized carbons (Fsp3) is 0.385. The van der Waals surface area contributed by atoms with Crippen molar-refractivity contribution in [3.05, 3.63) is 24.3 Å². The van der Waals surface area contributed by atoms with E-state index in [9.17, 15) is 9.59 Å². The number of para-hydroxylation sites is 2. The molecule has 0 aromatic heterocycles. The van der Waals surface area contributed by atoms with Crippen molar-refractivity contribution in [2.75, 3.05) is 18.5 Å². The molecular weight excluding hydrogens is 264 g/mol. The second-order valence-corrected chi connectivity index (χ2v) is 3.95. The van der Waals surface area contributed by atoms with Crippen molar-refractivity contribution in [3.8, 4) is 5.75 Å². The maximum atomic E-state index is 11.6. The minimum Gasteiger partial charge on any atom is -0.492 e. The molecule has 0 aliphatic heterocycles. The van der Waals surface area contributed by atoms with Gasteiger partial charge >= 0.3 is 12.0 Å². The summed E-state index contributed by atoms with van der Waals surface area (Å²) in [6.07, 6.45) is -1.54. The number of rotatable bonds is 7. The normalized spacial score (nSPS) is 11.5. The predicted molar refractivity (Wildman–Crippen MR) is 72.9 cm³/mol. The molecule has 0 aliphatic rings. The summed E-state index contributed by atoms with van der Waals surface area (Å²) in [4.78, 5) is 22.0. The van der Waals surface area contributed by atoms with E-state index in [-0.39, 0.29) is 13.0 Å². The Bertz CT molecular complexity index is 464. The summed E-state index contributed by atoms with van der Waals surface area (Å²) in [6.45, 7) is 2.37. The van der Waals surface area contributed by atoms with Crippen molar-refractivity contribution in [1.82, 2.24) is 5.32 Å². The molecule has 1 aromatic carbocycles. The van der Waals surface area contributed by atoms with E-state index in [4.69, 9.17) is 14.9 Å². The molecule has 1 atom stereocenters. The average molecular weight is 282 g/mol. The monoisotopic (exact) mass is 282 g/mol. The van der Waals surface area contributed by atoms with Gasteiger partial charge in [-0.2, -0.15) is 0 Å². The van der Waals surface area contributed by atoms with Gasteiger partial charge in [-0.15, -0.1) is 0 Å². The van der Waals surface area contributed by atoms with Crippen LogP contribution in [0.25, 0.3) is 0 Å². The first kappa shape index (κ1) is 15.8. The van der Waals surface area contributed by atoms with Gasteiger partial charge in [0.1, 0.15) is 5.75 Å². The SMILES string of the molecule is CCOc1ccccc1NC(=O)NCC[C@H](O)C(=O)O. The van der Waals surface area contributed by atoms with Gasteiger partial charge in [-0.25, -0.2) is 9.59 Å². The van der Waals surface area contributed by atoms with Crippen LogP contribution in [0.2, 0.25) is 0 Å². The quantitative estimate of drug-likeness (QED) is 0.597. The lowest BCUT2D eigenvalue weighted by Gasteiger charge is -2.12. The molecule has 2 amide bonds. The van der Waals surface area contributed by atoms with Crippen molar-refractivity contribution in [1.29, 1.82) is 0 Å². The first-order chi connectivity index (χ1) is 9.54.